The van der Waals surface area contributed by atoms with E-state index in [9.17, 15) is 4.79 Å². The number of rotatable bonds is 8. The lowest BCUT2D eigenvalue weighted by Crippen LogP contribution is -2.54. The molecule has 0 radical (unpaired) electrons. The van der Waals surface area contributed by atoms with Crippen molar-refractivity contribution in [3.63, 3.8) is 0 Å². The molecule has 4 heterocycles. The number of aryl methyl sites for hydroxylation is 1. The van der Waals surface area contributed by atoms with Gasteiger partial charge in [-0.2, -0.15) is 4.98 Å². The van der Waals surface area contributed by atoms with Crippen molar-refractivity contribution in [3.8, 4) is 0 Å². The van der Waals surface area contributed by atoms with Gasteiger partial charge in [-0.1, -0.05) is 29.3 Å². The Morgan fingerprint density at radius 3 is 2.71 bits per heavy atom. The fourth-order valence-electron chi connectivity index (χ4n) is 5.46. The SMILES string of the molecule is Cc1cnc(N2CC(C3CCCN(CCN4CCCC4=O)C3)C2)nc1NCc1ccc(Cl)cc1Cl. The summed E-state index contributed by atoms with van der Waals surface area (Å²) in [5, 5.41) is 4.70. The summed E-state index contributed by atoms with van der Waals surface area (Å²) in [6.07, 6.45) is 6.18. The van der Waals surface area contributed by atoms with Crippen molar-refractivity contribution in [2.45, 2.75) is 39.2 Å². The molecule has 1 aromatic heterocycles. The number of aromatic nitrogens is 2. The molecule has 0 saturated carbocycles. The van der Waals surface area contributed by atoms with Crippen LogP contribution in [0.3, 0.4) is 0 Å². The summed E-state index contributed by atoms with van der Waals surface area (Å²) in [5.74, 6) is 3.35. The molecule has 1 aromatic carbocycles. The van der Waals surface area contributed by atoms with Gasteiger partial charge in [0.05, 0.1) is 0 Å². The molecule has 1 amide bonds. The highest BCUT2D eigenvalue weighted by molar-refractivity contribution is 6.35. The maximum Gasteiger partial charge on any atom is 0.227 e. The predicted molar refractivity (Wildman–Crippen MR) is 141 cm³/mol. The van der Waals surface area contributed by atoms with Crippen LogP contribution in [0.5, 0.6) is 0 Å². The van der Waals surface area contributed by atoms with E-state index in [1.54, 1.807) is 6.07 Å². The van der Waals surface area contributed by atoms with Gasteiger partial charge < -0.3 is 20.0 Å². The van der Waals surface area contributed by atoms with E-state index >= 15 is 0 Å². The number of carbonyl (C=O) groups excluding carboxylic acids is 1. The second-order valence-corrected chi connectivity index (χ2v) is 11.0. The van der Waals surface area contributed by atoms with Gasteiger partial charge in [-0.05, 0) is 62.3 Å². The molecule has 1 atom stereocenters. The number of anilines is 2. The van der Waals surface area contributed by atoms with Gasteiger partial charge in [0.2, 0.25) is 11.9 Å². The third kappa shape index (κ3) is 5.84. The molecule has 3 aliphatic rings. The van der Waals surface area contributed by atoms with Crippen molar-refractivity contribution in [1.29, 1.82) is 0 Å². The maximum absolute atomic E-state index is 11.9. The molecule has 0 bridgehead atoms. The van der Waals surface area contributed by atoms with E-state index in [0.29, 0.717) is 34.3 Å². The normalized spacial score (nSPS) is 21.5. The highest BCUT2D eigenvalue weighted by Crippen LogP contribution is 2.33. The Kier molecular flexibility index (Phi) is 7.65. The number of halogens is 2. The first kappa shape index (κ1) is 24.6. The number of hydrogen-bond donors (Lipinski definition) is 1. The first-order valence-corrected chi connectivity index (χ1v) is 13.5. The summed E-state index contributed by atoms with van der Waals surface area (Å²) in [6.45, 7) is 9.74. The number of nitrogens with one attached hydrogen (secondary N) is 1. The Bertz CT molecular complexity index is 1060. The number of piperidine rings is 1. The molecule has 35 heavy (non-hydrogen) atoms. The van der Waals surface area contributed by atoms with Crippen LogP contribution < -0.4 is 10.2 Å². The van der Waals surface area contributed by atoms with Crippen molar-refractivity contribution in [3.05, 3.63) is 45.6 Å². The molecule has 2 aromatic rings. The topological polar surface area (TPSA) is 64.6 Å². The van der Waals surface area contributed by atoms with Crippen molar-refractivity contribution in [2.24, 2.45) is 11.8 Å². The third-order valence-corrected chi connectivity index (χ3v) is 8.27. The van der Waals surface area contributed by atoms with Crippen LogP contribution in [0.25, 0.3) is 0 Å². The number of likely N-dealkylation sites (tertiary alicyclic amines) is 2. The lowest BCUT2D eigenvalue weighted by Gasteiger charge is -2.46. The number of nitrogens with zero attached hydrogens (tertiary/aromatic N) is 5. The molecular formula is C26H34Cl2N6O. The summed E-state index contributed by atoms with van der Waals surface area (Å²) in [6, 6.07) is 5.55. The lowest BCUT2D eigenvalue weighted by molar-refractivity contribution is -0.127. The molecule has 188 valence electrons. The number of amides is 1. The van der Waals surface area contributed by atoms with Crippen LogP contribution in [0.1, 0.15) is 36.8 Å². The van der Waals surface area contributed by atoms with Crippen molar-refractivity contribution in [2.75, 3.05) is 56.0 Å². The standard InChI is InChI=1S/C26H34Cl2N6O/c1-18-13-30-26(31-25(18)29-14-19-6-7-22(27)12-23(19)28)34-16-21(17-34)20-4-2-8-32(15-20)10-11-33-9-3-5-24(33)35/h6-7,12-13,20-21H,2-5,8-11,14-17H2,1H3,(H,29,30,31). The highest BCUT2D eigenvalue weighted by atomic mass is 35.5. The maximum atomic E-state index is 11.9. The van der Waals surface area contributed by atoms with Gasteiger partial charge in [0.1, 0.15) is 5.82 Å². The van der Waals surface area contributed by atoms with Gasteiger partial charge in [-0.3, -0.25) is 4.79 Å². The molecule has 3 saturated heterocycles. The fraction of sp³-hybridized carbons (Fsp3) is 0.577. The van der Waals surface area contributed by atoms with Gasteiger partial charge in [0, 0.05) is 74.0 Å². The van der Waals surface area contributed by atoms with E-state index in [1.807, 2.05) is 30.2 Å². The molecule has 1 N–H and O–H groups in total. The zero-order valence-corrected chi connectivity index (χ0v) is 21.9. The minimum atomic E-state index is 0.330. The zero-order chi connectivity index (χ0) is 24.4. The fourth-order valence-corrected chi connectivity index (χ4v) is 5.94. The van der Waals surface area contributed by atoms with Crippen LogP contribution in [0.15, 0.2) is 24.4 Å². The molecule has 0 aliphatic carbocycles. The van der Waals surface area contributed by atoms with Gasteiger partial charge in [-0.25, -0.2) is 4.98 Å². The van der Waals surface area contributed by atoms with Crippen LogP contribution in [-0.4, -0.2) is 71.5 Å². The van der Waals surface area contributed by atoms with Crippen LogP contribution in [-0.2, 0) is 11.3 Å². The molecule has 3 fully saturated rings. The minimum absolute atomic E-state index is 0.330. The first-order valence-electron chi connectivity index (χ1n) is 12.7. The quantitative estimate of drug-likeness (QED) is 0.558. The third-order valence-electron chi connectivity index (χ3n) is 7.68. The molecule has 9 heteroatoms. The zero-order valence-electron chi connectivity index (χ0n) is 20.3. The largest absolute Gasteiger partial charge is 0.366 e. The molecule has 5 rings (SSSR count). The number of carbonyl (C=O) groups is 1. The molecule has 1 unspecified atom stereocenters. The summed E-state index contributed by atoms with van der Waals surface area (Å²) in [5.41, 5.74) is 1.99. The Hall–Kier alpha value is -2.09. The Morgan fingerprint density at radius 2 is 1.94 bits per heavy atom. The lowest BCUT2D eigenvalue weighted by atomic mass is 9.81. The monoisotopic (exact) mass is 516 g/mol. The molecular weight excluding hydrogens is 483 g/mol. The summed E-state index contributed by atoms with van der Waals surface area (Å²) < 4.78 is 0. The van der Waals surface area contributed by atoms with Crippen molar-refractivity contribution < 1.29 is 4.79 Å². The second-order valence-electron chi connectivity index (χ2n) is 10.1. The number of hydrogen-bond acceptors (Lipinski definition) is 6. The van der Waals surface area contributed by atoms with Crippen LogP contribution >= 0.6 is 23.2 Å². The van der Waals surface area contributed by atoms with Gasteiger partial charge in [0.15, 0.2) is 0 Å². The number of benzene rings is 1. The average Bonchev–Trinajstić information content (AvgIpc) is 3.23. The van der Waals surface area contributed by atoms with E-state index in [2.05, 4.69) is 20.1 Å². The Morgan fingerprint density at radius 1 is 1.09 bits per heavy atom. The predicted octanol–water partition coefficient (Wildman–Crippen LogP) is 4.47. The summed E-state index contributed by atoms with van der Waals surface area (Å²) in [7, 11) is 0. The first-order chi connectivity index (χ1) is 17.0. The Balaban J connectivity index is 1.12. The summed E-state index contributed by atoms with van der Waals surface area (Å²) >= 11 is 12.3. The highest BCUT2D eigenvalue weighted by Gasteiger charge is 2.37. The van der Waals surface area contributed by atoms with Crippen molar-refractivity contribution in [1.82, 2.24) is 19.8 Å². The van der Waals surface area contributed by atoms with Gasteiger partial charge in [-0.15, -0.1) is 0 Å². The Labute approximate surface area is 217 Å². The van der Waals surface area contributed by atoms with Gasteiger partial charge in [0.25, 0.3) is 0 Å². The van der Waals surface area contributed by atoms with Crippen LogP contribution in [0.2, 0.25) is 10.0 Å². The van der Waals surface area contributed by atoms with E-state index in [-0.39, 0.29) is 0 Å². The molecule has 3 aliphatic heterocycles. The molecule has 0 spiro atoms. The second kappa shape index (κ2) is 10.9. The van der Waals surface area contributed by atoms with Crippen LogP contribution in [0, 0.1) is 18.8 Å². The van der Waals surface area contributed by atoms with Crippen molar-refractivity contribution >= 4 is 40.9 Å². The minimum Gasteiger partial charge on any atom is -0.366 e. The van der Waals surface area contributed by atoms with E-state index < -0.39 is 0 Å². The van der Waals surface area contributed by atoms with E-state index in [1.165, 1.54) is 12.8 Å². The van der Waals surface area contributed by atoms with E-state index in [4.69, 9.17) is 28.2 Å². The smallest absolute Gasteiger partial charge is 0.227 e. The van der Waals surface area contributed by atoms with Gasteiger partial charge >= 0.3 is 0 Å². The average molecular weight is 518 g/mol. The van der Waals surface area contributed by atoms with Crippen LogP contribution in [0.4, 0.5) is 11.8 Å². The van der Waals surface area contributed by atoms with E-state index in [0.717, 1.165) is 81.5 Å². The summed E-state index contributed by atoms with van der Waals surface area (Å²) in [4.78, 5) is 28.2. The molecule has 7 nitrogen and oxygen atoms in total.